The lowest BCUT2D eigenvalue weighted by Gasteiger charge is -2.35. The van der Waals surface area contributed by atoms with Crippen LogP contribution in [-0.2, 0) is 11.6 Å². The van der Waals surface area contributed by atoms with Gasteiger partial charge in [-0.25, -0.2) is 9.18 Å². The minimum atomic E-state index is -4.56. The number of hydrogen-bond acceptors (Lipinski definition) is 5. The molecule has 1 aliphatic heterocycles. The first-order valence-electron chi connectivity index (χ1n) is 11.7. The molecule has 10 heteroatoms. The van der Waals surface area contributed by atoms with E-state index in [4.69, 9.17) is 4.42 Å². The molecule has 1 saturated carbocycles. The van der Waals surface area contributed by atoms with Crippen molar-refractivity contribution >= 4 is 22.7 Å². The lowest BCUT2D eigenvalue weighted by atomic mass is 9.68. The zero-order valence-electron chi connectivity index (χ0n) is 19.2. The van der Waals surface area contributed by atoms with Crippen molar-refractivity contribution in [1.29, 1.82) is 0 Å². The predicted molar refractivity (Wildman–Crippen MR) is 129 cm³/mol. The van der Waals surface area contributed by atoms with E-state index in [2.05, 4.69) is 0 Å². The number of fused-ring (bicyclic) bond motifs is 6. The zero-order chi connectivity index (χ0) is 26.1. The Bertz CT molecular complexity index is 1700. The normalized spacial score (nSPS) is 16.2. The summed E-state index contributed by atoms with van der Waals surface area (Å²) in [5.74, 6) is -1.27. The third-order valence-electron chi connectivity index (χ3n) is 7.34. The van der Waals surface area contributed by atoms with Crippen molar-refractivity contribution in [3.05, 3.63) is 91.9 Å². The lowest BCUT2D eigenvalue weighted by Crippen LogP contribution is -2.31. The first-order valence-corrected chi connectivity index (χ1v) is 12.5. The van der Waals surface area contributed by atoms with E-state index in [1.807, 2.05) is 0 Å². The number of pyridine rings is 1. The minimum absolute atomic E-state index is 0.0527. The van der Waals surface area contributed by atoms with Crippen molar-refractivity contribution in [1.82, 2.24) is 4.57 Å². The monoisotopic (exact) mass is 529 g/mol. The largest absolute Gasteiger partial charge is 0.505 e. The van der Waals surface area contributed by atoms with E-state index in [0.29, 0.717) is 41.5 Å². The lowest BCUT2D eigenvalue weighted by molar-refractivity contribution is -0.137. The third-order valence-corrected chi connectivity index (χ3v) is 8.45. The van der Waals surface area contributed by atoms with Crippen LogP contribution in [0.5, 0.6) is 5.75 Å². The predicted octanol–water partition coefficient (Wildman–Crippen LogP) is 6.52. The van der Waals surface area contributed by atoms with E-state index in [1.54, 1.807) is 6.07 Å². The summed E-state index contributed by atoms with van der Waals surface area (Å²) in [5, 5.41) is 10.7. The van der Waals surface area contributed by atoms with Gasteiger partial charge in [-0.3, -0.25) is 9.36 Å². The van der Waals surface area contributed by atoms with Crippen molar-refractivity contribution in [2.75, 3.05) is 0 Å². The van der Waals surface area contributed by atoms with Gasteiger partial charge in [-0.15, -0.1) is 0 Å². The highest BCUT2D eigenvalue weighted by molar-refractivity contribution is 7.99. The van der Waals surface area contributed by atoms with Gasteiger partial charge in [0, 0.05) is 22.1 Å². The number of rotatable bonds is 2. The van der Waals surface area contributed by atoms with E-state index < -0.39 is 39.9 Å². The number of benzene rings is 2. The average Bonchev–Trinajstić information content (AvgIpc) is 3.11. The van der Waals surface area contributed by atoms with Gasteiger partial charge in [0.25, 0.3) is 5.56 Å². The number of alkyl halides is 3. The molecule has 0 unspecified atom stereocenters. The van der Waals surface area contributed by atoms with Gasteiger partial charge >= 0.3 is 11.8 Å². The van der Waals surface area contributed by atoms with Crippen LogP contribution in [0.1, 0.15) is 48.9 Å². The average molecular weight is 530 g/mol. The van der Waals surface area contributed by atoms with Crippen molar-refractivity contribution in [2.24, 2.45) is 0 Å². The van der Waals surface area contributed by atoms with Gasteiger partial charge in [0.2, 0.25) is 0 Å². The van der Waals surface area contributed by atoms with Gasteiger partial charge < -0.3 is 9.52 Å². The molecule has 1 N–H and O–H groups in total. The molecule has 4 aromatic rings. The molecule has 0 atom stereocenters. The van der Waals surface area contributed by atoms with E-state index in [0.717, 1.165) is 31.4 Å². The third kappa shape index (κ3) is 3.53. The molecule has 0 radical (unpaired) electrons. The second-order valence-electron chi connectivity index (χ2n) is 9.38. The van der Waals surface area contributed by atoms with Gasteiger partial charge in [0.05, 0.1) is 11.3 Å². The molecule has 3 heterocycles. The van der Waals surface area contributed by atoms with Crippen LogP contribution in [0.4, 0.5) is 17.6 Å². The number of halogens is 4. The van der Waals surface area contributed by atoms with Gasteiger partial charge in [-0.1, -0.05) is 43.2 Å². The summed E-state index contributed by atoms with van der Waals surface area (Å²) in [7, 11) is 0. The molecule has 5 nitrogen and oxygen atoms in total. The number of nitrogens with zero attached hydrogens (tertiary/aromatic N) is 1. The summed E-state index contributed by atoms with van der Waals surface area (Å²) < 4.78 is 61.8. The molecule has 0 saturated heterocycles. The first-order chi connectivity index (χ1) is 17.6. The number of hydrogen-bond donors (Lipinski definition) is 1. The van der Waals surface area contributed by atoms with Crippen LogP contribution in [0.2, 0.25) is 0 Å². The molecule has 2 aliphatic rings. The van der Waals surface area contributed by atoms with E-state index in [1.165, 1.54) is 34.9 Å². The molecule has 6 rings (SSSR count). The zero-order valence-corrected chi connectivity index (χ0v) is 20.0. The molecule has 190 valence electrons. The smallest absolute Gasteiger partial charge is 0.416 e. The van der Waals surface area contributed by atoms with Gasteiger partial charge in [0.15, 0.2) is 5.75 Å². The summed E-state index contributed by atoms with van der Waals surface area (Å²) in [5.41, 5.74) is -2.33. The second kappa shape index (κ2) is 8.24. The molecular weight excluding hydrogens is 510 g/mol. The second-order valence-corrected chi connectivity index (χ2v) is 10.4. The maximum atomic E-state index is 14.2. The highest BCUT2D eigenvalue weighted by Gasteiger charge is 2.47. The molecule has 1 fully saturated rings. The fraction of sp³-hybridized carbons (Fsp3) is 0.259. The summed E-state index contributed by atoms with van der Waals surface area (Å²) in [6.45, 7) is 0. The quantitative estimate of drug-likeness (QED) is 0.299. The SMILES string of the molecule is O=c1oc2cc3n(c(=O)c2c(O)c1Sc1ccccc1F)-c1ccc(C(F)(F)F)cc1C31CCCCC1. The Morgan fingerprint density at radius 3 is 2.43 bits per heavy atom. The van der Waals surface area contributed by atoms with Gasteiger partial charge in [-0.2, -0.15) is 13.2 Å². The van der Waals surface area contributed by atoms with E-state index >= 15 is 0 Å². The topological polar surface area (TPSA) is 72.4 Å². The Morgan fingerprint density at radius 2 is 1.73 bits per heavy atom. The van der Waals surface area contributed by atoms with Crippen LogP contribution in [0.3, 0.4) is 0 Å². The van der Waals surface area contributed by atoms with Crippen LogP contribution < -0.4 is 11.2 Å². The molecule has 1 spiro atoms. The maximum Gasteiger partial charge on any atom is 0.416 e. The van der Waals surface area contributed by atoms with E-state index in [-0.39, 0.29) is 20.8 Å². The Kier molecular flexibility index (Phi) is 5.31. The van der Waals surface area contributed by atoms with Gasteiger partial charge in [-0.05, 0) is 48.7 Å². The molecule has 2 aromatic carbocycles. The molecular formula is C27H19F4NO4S. The Morgan fingerprint density at radius 1 is 1.00 bits per heavy atom. The standard InChI is InChI=1S/C27H19F4NO4S/c28-16-6-2-3-7-19(16)37-23-22(33)21-18(36-25(23)35)13-20-26(10-4-1-5-11-26)15-12-14(27(29,30)31)8-9-17(15)32(20)24(21)34/h2-3,6-9,12-13,33H,1,4-5,10-11H2. The van der Waals surface area contributed by atoms with Crippen molar-refractivity contribution in [3.63, 3.8) is 0 Å². The Labute approximate surface area is 211 Å². The summed E-state index contributed by atoms with van der Waals surface area (Å²) in [6, 6.07) is 10.4. The highest BCUT2D eigenvalue weighted by atomic mass is 32.2. The molecule has 37 heavy (non-hydrogen) atoms. The number of aromatic nitrogens is 1. The van der Waals surface area contributed by atoms with Crippen LogP contribution in [0, 0.1) is 5.82 Å². The van der Waals surface area contributed by atoms with Crippen molar-refractivity contribution in [2.45, 2.75) is 53.5 Å². The van der Waals surface area contributed by atoms with Crippen LogP contribution >= 0.6 is 11.8 Å². The fourth-order valence-corrected chi connectivity index (χ4v) is 6.53. The highest BCUT2D eigenvalue weighted by Crippen LogP contribution is 2.52. The van der Waals surface area contributed by atoms with Gasteiger partial charge in [0.1, 0.15) is 21.7 Å². The Balaban J connectivity index is 1.63. The van der Waals surface area contributed by atoms with Crippen molar-refractivity contribution in [3.8, 4) is 11.4 Å². The first kappa shape index (κ1) is 23.8. The fourth-order valence-electron chi connectivity index (χ4n) is 5.67. The molecule has 1 aliphatic carbocycles. The molecule has 2 aromatic heterocycles. The molecule has 0 bridgehead atoms. The van der Waals surface area contributed by atoms with Crippen LogP contribution in [-0.4, -0.2) is 9.67 Å². The minimum Gasteiger partial charge on any atom is -0.505 e. The van der Waals surface area contributed by atoms with Crippen LogP contribution in [0.25, 0.3) is 16.7 Å². The maximum absolute atomic E-state index is 14.2. The summed E-state index contributed by atoms with van der Waals surface area (Å²) in [6.07, 6.45) is -1.06. The number of aromatic hydroxyl groups is 1. The summed E-state index contributed by atoms with van der Waals surface area (Å²) in [4.78, 5) is 26.3. The van der Waals surface area contributed by atoms with E-state index in [9.17, 15) is 32.3 Å². The Hall–Kier alpha value is -3.53. The van der Waals surface area contributed by atoms with Crippen LogP contribution in [0.15, 0.2) is 72.3 Å². The van der Waals surface area contributed by atoms with Crippen molar-refractivity contribution < 1.29 is 27.1 Å². The summed E-state index contributed by atoms with van der Waals surface area (Å²) >= 11 is 0.632. The molecule has 0 amide bonds.